The van der Waals surface area contributed by atoms with Crippen molar-refractivity contribution >= 4 is 21.8 Å². The van der Waals surface area contributed by atoms with Gasteiger partial charge in [0.15, 0.2) is 0 Å². The first kappa shape index (κ1) is 20.4. The lowest BCUT2D eigenvalue weighted by Crippen LogP contribution is -1.96. The van der Waals surface area contributed by atoms with Gasteiger partial charge in [0.1, 0.15) is 0 Å². The zero-order valence-electron chi connectivity index (χ0n) is 18.7. The van der Waals surface area contributed by atoms with Crippen LogP contribution in [0.25, 0.3) is 49.7 Å². The van der Waals surface area contributed by atoms with E-state index in [-0.39, 0.29) is 0 Å². The zero-order valence-corrected chi connectivity index (χ0v) is 18.7. The van der Waals surface area contributed by atoms with E-state index in [2.05, 4.69) is 58.1 Å². The molecule has 0 amide bonds. The van der Waals surface area contributed by atoms with E-state index in [1.165, 1.54) is 0 Å². The molecule has 2 heterocycles. The molecule has 4 heteroatoms. The Morgan fingerprint density at radius 3 is 2.11 bits per heavy atom. The van der Waals surface area contributed by atoms with E-state index in [4.69, 9.17) is 0 Å². The second kappa shape index (κ2) is 8.30. The summed E-state index contributed by atoms with van der Waals surface area (Å²) in [6.45, 7) is 0. The van der Waals surface area contributed by atoms with Gasteiger partial charge in [0, 0.05) is 34.4 Å². The van der Waals surface area contributed by atoms with Crippen molar-refractivity contribution < 1.29 is 0 Å². The maximum absolute atomic E-state index is 9.76. The maximum Gasteiger partial charge on any atom is 0.0998 e. The molecule has 0 fully saturated rings. The lowest BCUT2D eigenvalue weighted by atomic mass is 9.99. The van der Waals surface area contributed by atoms with Gasteiger partial charge >= 0.3 is 0 Å². The minimum absolute atomic E-state index is 0.615. The van der Waals surface area contributed by atoms with E-state index in [0.29, 0.717) is 11.1 Å². The Morgan fingerprint density at radius 1 is 0.571 bits per heavy atom. The van der Waals surface area contributed by atoms with Crippen molar-refractivity contribution in [2.24, 2.45) is 0 Å². The summed E-state index contributed by atoms with van der Waals surface area (Å²) in [7, 11) is 0. The molecule has 0 aliphatic carbocycles. The molecule has 4 aromatic carbocycles. The lowest BCUT2D eigenvalue weighted by molar-refractivity contribution is 1.18. The van der Waals surface area contributed by atoms with Gasteiger partial charge in [0.2, 0.25) is 0 Å². The average Bonchev–Trinajstić information content (AvgIpc) is 3.26. The first-order chi connectivity index (χ1) is 17.3. The summed E-state index contributed by atoms with van der Waals surface area (Å²) in [5, 5.41) is 21.7. The van der Waals surface area contributed by atoms with Gasteiger partial charge in [-0.1, -0.05) is 48.5 Å². The summed E-state index contributed by atoms with van der Waals surface area (Å²) < 4.78 is 2.23. The predicted octanol–water partition coefficient (Wildman–Crippen LogP) is 7.26. The van der Waals surface area contributed by atoms with E-state index in [0.717, 1.165) is 49.7 Å². The van der Waals surface area contributed by atoms with Gasteiger partial charge in [-0.3, -0.25) is 4.98 Å². The fourth-order valence-electron chi connectivity index (χ4n) is 4.79. The molecule has 0 saturated carbocycles. The zero-order chi connectivity index (χ0) is 23.8. The summed E-state index contributed by atoms with van der Waals surface area (Å²) in [5.41, 5.74) is 8.06. The van der Waals surface area contributed by atoms with Gasteiger partial charge in [-0.2, -0.15) is 10.5 Å². The van der Waals surface area contributed by atoms with Crippen LogP contribution in [-0.4, -0.2) is 9.55 Å². The molecule has 0 N–H and O–H groups in total. The summed E-state index contributed by atoms with van der Waals surface area (Å²) in [5.74, 6) is 0. The molecule has 0 bridgehead atoms. The molecule has 35 heavy (non-hydrogen) atoms. The van der Waals surface area contributed by atoms with Crippen LogP contribution >= 0.6 is 0 Å². The van der Waals surface area contributed by atoms with Crippen molar-refractivity contribution in [3.05, 3.63) is 121 Å². The minimum atomic E-state index is 0.615. The Balaban J connectivity index is 1.66. The molecular formula is C31H18N4. The molecule has 0 unspecified atom stereocenters. The number of para-hydroxylation sites is 1. The summed E-state index contributed by atoms with van der Waals surface area (Å²) in [6, 6.07) is 36.8. The van der Waals surface area contributed by atoms with Crippen molar-refractivity contribution in [1.29, 1.82) is 10.5 Å². The van der Waals surface area contributed by atoms with Gasteiger partial charge in [0.25, 0.3) is 0 Å². The number of rotatable bonds is 3. The Hall–Kier alpha value is -5.19. The van der Waals surface area contributed by atoms with Crippen LogP contribution < -0.4 is 0 Å². The van der Waals surface area contributed by atoms with E-state index in [1.807, 2.05) is 60.7 Å². The van der Waals surface area contributed by atoms with E-state index < -0.39 is 0 Å². The number of hydrogen-bond acceptors (Lipinski definition) is 3. The van der Waals surface area contributed by atoms with Crippen molar-refractivity contribution in [3.63, 3.8) is 0 Å². The smallest absolute Gasteiger partial charge is 0.0998 e. The second-order valence-corrected chi connectivity index (χ2v) is 8.32. The first-order valence-electron chi connectivity index (χ1n) is 11.3. The third-order valence-electron chi connectivity index (χ3n) is 6.41. The Morgan fingerprint density at radius 2 is 1.29 bits per heavy atom. The fraction of sp³-hybridized carbons (Fsp3) is 0. The van der Waals surface area contributed by atoms with Gasteiger partial charge in [-0.05, 0) is 65.2 Å². The summed E-state index contributed by atoms with van der Waals surface area (Å²) in [4.78, 5) is 4.12. The molecule has 0 radical (unpaired) electrons. The van der Waals surface area contributed by atoms with Crippen LogP contribution in [0.2, 0.25) is 0 Å². The minimum Gasteiger partial charge on any atom is -0.309 e. The van der Waals surface area contributed by atoms with E-state index >= 15 is 0 Å². The number of hydrogen-bond donors (Lipinski definition) is 0. The third-order valence-corrected chi connectivity index (χ3v) is 6.41. The molecule has 162 valence electrons. The SMILES string of the molecule is N#Cc1ccccc1-c1ccc2c3ccccc3n(-c3ccc(C#N)c(-c4ccncc4)c3)c2c1. The number of nitrogens with zero attached hydrogens (tertiary/aromatic N) is 4. The molecule has 0 aliphatic heterocycles. The highest BCUT2D eigenvalue weighted by Crippen LogP contribution is 2.36. The van der Waals surface area contributed by atoms with Crippen LogP contribution in [0, 0.1) is 22.7 Å². The maximum atomic E-state index is 9.76. The molecule has 4 nitrogen and oxygen atoms in total. The molecule has 2 aromatic heterocycles. The topological polar surface area (TPSA) is 65.4 Å². The molecule has 6 rings (SSSR count). The Labute approximate surface area is 202 Å². The lowest BCUT2D eigenvalue weighted by Gasteiger charge is -2.12. The van der Waals surface area contributed by atoms with Crippen LogP contribution in [0.4, 0.5) is 0 Å². The number of nitriles is 2. The average molecular weight is 447 g/mol. The first-order valence-corrected chi connectivity index (χ1v) is 11.3. The normalized spacial score (nSPS) is 10.8. The van der Waals surface area contributed by atoms with Crippen LogP contribution in [0.5, 0.6) is 0 Å². The predicted molar refractivity (Wildman–Crippen MR) is 139 cm³/mol. The summed E-state index contributed by atoms with van der Waals surface area (Å²) >= 11 is 0. The number of pyridine rings is 1. The Kier molecular flexibility index (Phi) is 4.84. The van der Waals surface area contributed by atoms with E-state index in [9.17, 15) is 10.5 Å². The van der Waals surface area contributed by atoms with Crippen molar-refractivity contribution in [2.45, 2.75) is 0 Å². The molecule has 0 saturated heterocycles. The van der Waals surface area contributed by atoms with Crippen LogP contribution in [0.3, 0.4) is 0 Å². The Bertz CT molecular complexity index is 1820. The highest BCUT2D eigenvalue weighted by atomic mass is 15.0. The highest BCUT2D eigenvalue weighted by molar-refractivity contribution is 6.10. The molecule has 0 atom stereocenters. The fourth-order valence-corrected chi connectivity index (χ4v) is 4.79. The van der Waals surface area contributed by atoms with E-state index in [1.54, 1.807) is 12.4 Å². The van der Waals surface area contributed by atoms with Gasteiger partial charge in [-0.25, -0.2) is 0 Å². The van der Waals surface area contributed by atoms with Gasteiger partial charge in [0.05, 0.1) is 34.3 Å². The molecule has 0 aliphatic rings. The van der Waals surface area contributed by atoms with Crippen molar-refractivity contribution in [3.8, 4) is 40.1 Å². The highest BCUT2D eigenvalue weighted by Gasteiger charge is 2.16. The van der Waals surface area contributed by atoms with Crippen LogP contribution in [0.15, 0.2) is 109 Å². The van der Waals surface area contributed by atoms with Gasteiger partial charge < -0.3 is 4.57 Å². The second-order valence-electron chi connectivity index (χ2n) is 8.32. The van der Waals surface area contributed by atoms with Crippen molar-refractivity contribution in [1.82, 2.24) is 9.55 Å². The largest absolute Gasteiger partial charge is 0.309 e. The number of fused-ring (bicyclic) bond motifs is 3. The number of benzene rings is 4. The monoisotopic (exact) mass is 446 g/mol. The van der Waals surface area contributed by atoms with Crippen molar-refractivity contribution in [2.75, 3.05) is 0 Å². The van der Waals surface area contributed by atoms with Crippen LogP contribution in [-0.2, 0) is 0 Å². The number of aromatic nitrogens is 2. The quantitative estimate of drug-likeness (QED) is 0.287. The van der Waals surface area contributed by atoms with Gasteiger partial charge in [-0.15, -0.1) is 0 Å². The molecule has 6 aromatic rings. The summed E-state index contributed by atoms with van der Waals surface area (Å²) in [6.07, 6.45) is 3.48. The standard InChI is InChI=1S/C31H18N4/c32-19-23-5-1-2-6-26(23)22-10-12-28-27-7-3-4-8-30(27)35(31(28)17-22)25-11-9-24(20-33)29(18-25)21-13-15-34-16-14-21/h1-18H. The molecule has 0 spiro atoms. The van der Waals surface area contributed by atoms with Crippen LogP contribution in [0.1, 0.15) is 11.1 Å². The molecular weight excluding hydrogens is 428 g/mol. The third kappa shape index (κ3) is 3.33.